The fourth-order valence-corrected chi connectivity index (χ4v) is 2.34. The van der Waals surface area contributed by atoms with Gasteiger partial charge in [-0.25, -0.2) is 0 Å². The van der Waals surface area contributed by atoms with E-state index in [0.717, 1.165) is 28.1 Å². The van der Waals surface area contributed by atoms with Crippen LogP contribution in [0.15, 0.2) is 30.7 Å². The lowest BCUT2D eigenvalue weighted by molar-refractivity contribution is 0.406. The molecule has 20 heavy (non-hydrogen) atoms. The number of pyridine rings is 2. The molecule has 0 aliphatic heterocycles. The summed E-state index contributed by atoms with van der Waals surface area (Å²) in [7, 11) is 1.68. The number of methoxy groups -OCH3 is 1. The number of hydrogen-bond acceptors (Lipinski definition) is 5. The molecule has 5 nitrogen and oxygen atoms in total. The molecule has 2 heterocycles. The second-order valence-electron chi connectivity index (χ2n) is 4.75. The van der Waals surface area contributed by atoms with Crippen LogP contribution in [0.2, 0.25) is 0 Å². The van der Waals surface area contributed by atoms with Gasteiger partial charge in [0.15, 0.2) is 0 Å². The molecule has 0 saturated heterocycles. The summed E-state index contributed by atoms with van der Waals surface area (Å²) < 4.78 is 5.44. The maximum atomic E-state index is 5.67. The van der Waals surface area contributed by atoms with E-state index in [4.69, 9.17) is 10.6 Å². The van der Waals surface area contributed by atoms with Crippen molar-refractivity contribution in [3.05, 3.63) is 53.1 Å². The van der Waals surface area contributed by atoms with Gasteiger partial charge in [0.1, 0.15) is 5.75 Å². The van der Waals surface area contributed by atoms with Crippen molar-refractivity contribution in [2.75, 3.05) is 7.11 Å². The first-order chi connectivity index (χ1) is 9.67. The molecule has 2 rings (SSSR count). The minimum atomic E-state index is -0.00314. The van der Waals surface area contributed by atoms with Crippen molar-refractivity contribution in [1.29, 1.82) is 0 Å². The van der Waals surface area contributed by atoms with Crippen molar-refractivity contribution in [2.24, 2.45) is 5.84 Å². The molecule has 0 radical (unpaired) electrons. The van der Waals surface area contributed by atoms with Gasteiger partial charge in [-0.05, 0) is 31.5 Å². The molecule has 106 valence electrons. The Morgan fingerprint density at radius 1 is 1.30 bits per heavy atom. The number of nitrogens with two attached hydrogens (primary N) is 1. The Kier molecular flexibility index (Phi) is 4.65. The summed E-state index contributed by atoms with van der Waals surface area (Å²) >= 11 is 0. The number of nitrogens with one attached hydrogen (secondary N) is 1. The Hall–Kier alpha value is -1.98. The Labute approximate surface area is 119 Å². The number of hydrogen-bond donors (Lipinski definition) is 2. The second kappa shape index (κ2) is 6.45. The smallest absolute Gasteiger partial charge is 0.128 e. The molecule has 1 atom stereocenters. The van der Waals surface area contributed by atoms with Crippen molar-refractivity contribution < 1.29 is 4.74 Å². The van der Waals surface area contributed by atoms with E-state index in [1.807, 2.05) is 32.2 Å². The van der Waals surface area contributed by atoms with E-state index < -0.39 is 0 Å². The molecule has 5 heteroatoms. The summed E-state index contributed by atoms with van der Waals surface area (Å²) in [6.45, 7) is 4.01. The van der Waals surface area contributed by atoms with E-state index in [1.165, 1.54) is 0 Å². The normalized spacial score (nSPS) is 12.2. The molecule has 2 aromatic rings. The maximum Gasteiger partial charge on any atom is 0.128 e. The van der Waals surface area contributed by atoms with Gasteiger partial charge < -0.3 is 4.74 Å². The third kappa shape index (κ3) is 2.95. The Bertz CT molecular complexity index is 572. The highest BCUT2D eigenvalue weighted by atomic mass is 16.5. The molecule has 2 aromatic heterocycles. The predicted molar refractivity (Wildman–Crippen MR) is 78.3 cm³/mol. The minimum absolute atomic E-state index is 0.00314. The summed E-state index contributed by atoms with van der Waals surface area (Å²) in [5, 5.41) is 0. The van der Waals surface area contributed by atoms with Gasteiger partial charge >= 0.3 is 0 Å². The van der Waals surface area contributed by atoms with Crippen LogP contribution in [-0.2, 0) is 6.42 Å². The molecule has 0 bridgehead atoms. The van der Waals surface area contributed by atoms with E-state index in [0.29, 0.717) is 6.42 Å². The lowest BCUT2D eigenvalue weighted by Crippen LogP contribution is -2.30. The highest BCUT2D eigenvalue weighted by Crippen LogP contribution is 2.26. The topological polar surface area (TPSA) is 73.1 Å². The number of nitrogens with zero attached hydrogens (tertiary/aromatic N) is 2. The Morgan fingerprint density at radius 2 is 2.00 bits per heavy atom. The summed E-state index contributed by atoms with van der Waals surface area (Å²) in [5.41, 5.74) is 7.00. The highest BCUT2D eigenvalue weighted by molar-refractivity contribution is 5.41. The highest BCUT2D eigenvalue weighted by Gasteiger charge is 2.15. The SMILES string of the molecule is COc1c(C)cnc(CC(NN)c2ccncc2)c1C. The molecular formula is C15H20N4O. The number of aromatic nitrogens is 2. The summed E-state index contributed by atoms with van der Waals surface area (Å²) in [6, 6.07) is 3.90. The van der Waals surface area contributed by atoms with E-state index in [9.17, 15) is 0 Å². The fourth-order valence-electron chi connectivity index (χ4n) is 2.34. The van der Waals surface area contributed by atoms with E-state index in [2.05, 4.69) is 15.4 Å². The summed E-state index contributed by atoms with van der Waals surface area (Å²) in [5.74, 6) is 6.56. The zero-order valence-corrected chi connectivity index (χ0v) is 12.1. The number of aryl methyl sites for hydroxylation is 1. The predicted octanol–water partition coefficient (Wildman–Crippen LogP) is 1.85. The first-order valence-corrected chi connectivity index (χ1v) is 6.52. The average molecular weight is 272 g/mol. The lowest BCUT2D eigenvalue weighted by atomic mass is 10.00. The van der Waals surface area contributed by atoms with Gasteiger partial charge in [-0.2, -0.15) is 0 Å². The van der Waals surface area contributed by atoms with Gasteiger partial charge in [-0.1, -0.05) is 0 Å². The van der Waals surface area contributed by atoms with Crippen LogP contribution in [0.5, 0.6) is 5.75 Å². The van der Waals surface area contributed by atoms with Gasteiger partial charge in [-0.3, -0.25) is 21.2 Å². The molecule has 0 aromatic carbocycles. The minimum Gasteiger partial charge on any atom is -0.496 e. The van der Waals surface area contributed by atoms with Crippen molar-refractivity contribution in [3.8, 4) is 5.75 Å². The van der Waals surface area contributed by atoms with Crippen LogP contribution in [0.25, 0.3) is 0 Å². The number of rotatable bonds is 5. The zero-order chi connectivity index (χ0) is 14.5. The average Bonchev–Trinajstić information content (AvgIpc) is 2.48. The van der Waals surface area contributed by atoms with Gasteiger partial charge in [0, 0.05) is 41.8 Å². The Balaban J connectivity index is 2.29. The van der Waals surface area contributed by atoms with Crippen LogP contribution in [-0.4, -0.2) is 17.1 Å². The van der Waals surface area contributed by atoms with Gasteiger partial charge in [0.2, 0.25) is 0 Å². The van der Waals surface area contributed by atoms with Crippen molar-refractivity contribution in [3.63, 3.8) is 0 Å². The molecule has 0 fully saturated rings. The molecule has 3 N–H and O–H groups in total. The molecule has 1 unspecified atom stereocenters. The van der Waals surface area contributed by atoms with Crippen LogP contribution in [0.1, 0.15) is 28.4 Å². The van der Waals surface area contributed by atoms with Crippen molar-refractivity contribution in [1.82, 2.24) is 15.4 Å². The molecule has 0 aliphatic rings. The molecular weight excluding hydrogens is 252 g/mol. The van der Waals surface area contributed by atoms with Crippen LogP contribution in [0.3, 0.4) is 0 Å². The number of hydrazine groups is 1. The monoisotopic (exact) mass is 272 g/mol. The molecule has 0 amide bonds. The van der Waals surface area contributed by atoms with Crippen LogP contribution >= 0.6 is 0 Å². The first kappa shape index (κ1) is 14.4. The Morgan fingerprint density at radius 3 is 2.60 bits per heavy atom. The summed E-state index contributed by atoms with van der Waals surface area (Å²) in [4.78, 5) is 8.53. The third-order valence-electron chi connectivity index (χ3n) is 3.46. The quantitative estimate of drug-likeness (QED) is 0.642. The molecule has 0 spiro atoms. The zero-order valence-electron chi connectivity index (χ0n) is 12.1. The van der Waals surface area contributed by atoms with Crippen LogP contribution in [0, 0.1) is 13.8 Å². The van der Waals surface area contributed by atoms with E-state index >= 15 is 0 Å². The summed E-state index contributed by atoms with van der Waals surface area (Å²) in [6.07, 6.45) is 6.05. The largest absolute Gasteiger partial charge is 0.496 e. The van der Waals surface area contributed by atoms with Crippen molar-refractivity contribution in [2.45, 2.75) is 26.3 Å². The third-order valence-corrected chi connectivity index (χ3v) is 3.46. The van der Waals surface area contributed by atoms with Crippen molar-refractivity contribution >= 4 is 0 Å². The number of ether oxygens (including phenoxy) is 1. The standard InChI is InChI=1S/C15H20N4O/c1-10-9-18-13(11(2)15(10)20-3)8-14(19-16)12-4-6-17-7-5-12/h4-7,9,14,19H,8,16H2,1-3H3. The molecule has 0 saturated carbocycles. The van der Waals surface area contributed by atoms with Crippen LogP contribution < -0.4 is 16.0 Å². The van der Waals surface area contributed by atoms with E-state index in [1.54, 1.807) is 19.5 Å². The van der Waals surface area contributed by atoms with Gasteiger partial charge in [-0.15, -0.1) is 0 Å². The van der Waals surface area contributed by atoms with E-state index in [-0.39, 0.29) is 6.04 Å². The first-order valence-electron chi connectivity index (χ1n) is 6.52. The molecule has 0 aliphatic carbocycles. The van der Waals surface area contributed by atoms with Gasteiger partial charge in [0.05, 0.1) is 13.2 Å². The van der Waals surface area contributed by atoms with Gasteiger partial charge in [0.25, 0.3) is 0 Å². The fraction of sp³-hybridized carbons (Fsp3) is 0.333. The maximum absolute atomic E-state index is 5.67. The lowest BCUT2D eigenvalue weighted by Gasteiger charge is -2.18. The second-order valence-corrected chi connectivity index (χ2v) is 4.75. The van der Waals surface area contributed by atoms with Crippen LogP contribution in [0.4, 0.5) is 0 Å².